The highest BCUT2D eigenvalue weighted by atomic mass is 32.1. The summed E-state index contributed by atoms with van der Waals surface area (Å²) in [5.41, 5.74) is 26.6. The van der Waals surface area contributed by atoms with Gasteiger partial charge in [-0.2, -0.15) is 0 Å². The average molecular weight is 898 g/mol. The number of nitrogens with zero attached hydrogens (tertiary/aromatic N) is 1. The molecule has 4 aliphatic carbocycles. The van der Waals surface area contributed by atoms with Gasteiger partial charge in [0.15, 0.2) is 0 Å². The van der Waals surface area contributed by atoms with Gasteiger partial charge in [-0.15, -0.1) is 11.3 Å². The predicted octanol–water partition coefficient (Wildman–Crippen LogP) is 18.1. The highest BCUT2D eigenvalue weighted by Crippen LogP contribution is 2.65. The maximum Gasteiger partial charge on any atom is 0.0726 e. The van der Waals surface area contributed by atoms with E-state index in [1.807, 2.05) is 11.3 Å². The lowest BCUT2D eigenvalue weighted by molar-refractivity contribution is 0.660. The summed E-state index contributed by atoms with van der Waals surface area (Å²) in [6.45, 7) is 9.69. The minimum absolute atomic E-state index is 0.184. The van der Waals surface area contributed by atoms with E-state index >= 15 is 0 Å². The third-order valence-corrected chi connectivity index (χ3v) is 17.8. The summed E-state index contributed by atoms with van der Waals surface area (Å²) in [5, 5.41) is 2.60. The molecule has 69 heavy (non-hydrogen) atoms. The lowest BCUT2D eigenvalue weighted by Crippen LogP contribution is -2.26. The first-order chi connectivity index (χ1) is 33.7. The highest BCUT2D eigenvalue weighted by Gasteiger charge is 2.52. The lowest BCUT2D eigenvalue weighted by atomic mass is 9.70. The third kappa shape index (κ3) is 4.99. The molecular formula is C67H47NS. The quantitative estimate of drug-likeness (QED) is 0.170. The van der Waals surface area contributed by atoms with Crippen LogP contribution in [0.15, 0.2) is 212 Å². The molecule has 0 unspecified atom stereocenters. The first kappa shape index (κ1) is 39.2. The van der Waals surface area contributed by atoms with Crippen LogP contribution in [0, 0.1) is 0 Å². The van der Waals surface area contributed by atoms with Gasteiger partial charge in [-0.1, -0.05) is 198 Å². The molecule has 0 fully saturated rings. The Kier molecular flexibility index (Phi) is 7.78. The summed E-state index contributed by atoms with van der Waals surface area (Å²) in [5.74, 6) is 0. The van der Waals surface area contributed by atoms with E-state index in [1.54, 1.807) is 0 Å². The maximum absolute atomic E-state index is 2.68. The van der Waals surface area contributed by atoms with Crippen LogP contribution in [-0.4, -0.2) is 0 Å². The molecule has 1 aromatic heterocycles. The number of thiophene rings is 1. The molecule has 10 aromatic carbocycles. The summed E-state index contributed by atoms with van der Waals surface area (Å²) in [6.07, 6.45) is 0. The van der Waals surface area contributed by atoms with Crippen molar-refractivity contribution >= 4 is 48.6 Å². The molecule has 11 aromatic rings. The summed E-state index contributed by atoms with van der Waals surface area (Å²) in [7, 11) is 0. The van der Waals surface area contributed by atoms with Crippen LogP contribution in [0.2, 0.25) is 0 Å². The largest absolute Gasteiger partial charge is 0.309 e. The smallest absolute Gasteiger partial charge is 0.0726 e. The molecule has 0 saturated heterocycles. The van der Waals surface area contributed by atoms with E-state index < -0.39 is 5.41 Å². The van der Waals surface area contributed by atoms with Gasteiger partial charge in [0.2, 0.25) is 0 Å². The van der Waals surface area contributed by atoms with Crippen molar-refractivity contribution in [1.82, 2.24) is 0 Å². The van der Waals surface area contributed by atoms with Crippen LogP contribution >= 0.6 is 11.3 Å². The molecule has 0 N–H and O–H groups in total. The van der Waals surface area contributed by atoms with Crippen LogP contribution in [0.3, 0.4) is 0 Å². The van der Waals surface area contributed by atoms with Gasteiger partial charge in [0.25, 0.3) is 0 Å². The second-order valence-corrected chi connectivity index (χ2v) is 21.8. The SMILES string of the molecule is CC1(C)c2ccccc2-c2ccc(N(c3ccc4c(c3)C3(c5ccccc5-c5ccccc53)c3ccccc3-4)c3c4c(cc5sc6ccccc6c35)C(C)(C)c3ccc(-c5ccccc5)cc3-4)cc21. The third-order valence-electron chi connectivity index (χ3n) is 16.7. The van der Waals surface area contributed by atoms with Crippen molar-refractivity contribution in [2.45, 2.75) is 43.9 Å². The van der Waals surface area contributed by atoms with Crippen LogP contribution in [0.5, 0.6) is 0 Å². The molecule has 1 heterocycles. The van der Waals surface area contributed by atoms with Crippen LogP contribution in [0.4, 0.5) is 17.1 Å². The van der Waals surface area contributed by atoms with E-state index in [2.05, 4.69) is 245 Å². The fraction of sp³-hybridized carbons (Fsp3) is 0.104. The number of fused-ring (bicyclic) bond motifs is 19. The van der Waals surface area contributed by atoms with Crippen LogP contribution in [-0.2, 0) is 16.2 Å². The maximum atomic E-state index is 2.68. The van der Waals surface area contributed by atoms with E-state index in [0.717, 1.165) is 5.69 Å². The Morgan fingerprint density at radius 2 is 0.826 bits per heavy atom. The van der Waals surface area contributed by atoms with Crippen LogP contribution in [0.1, 0.15) is 72.2 Å². The van der Waals surface area contributed by atoms with E-state index in [9.17, 15) is 0 Å². The molecule has 0 amide bonds. The fourth-order valence-electron chi connectivity index (χ4n) is 13.6. The first-order valence-electron chi connectivity index (χ1n) is 24.4. The molecule has 15 rings (SSSR count). The molecule has 1 spiro atoms. The Morgan fingerprint density at radius 1 is 0.333 bits per heavy atom. The van der Waals surface area contributed by atoms with E-state index in [4.69, 9.17) is 0 Å². The molecular weight excluding hydrogens is 851 g/mol. The highest BCUT2D eigenvalue weighted by molar-refractivity contribution is 7.26. The van der Waals surface area contributed by atoms with Gasteiger partial charge >= 0.3 is 0 Å². The zero-order valence-electron chi connectivity index (χ0n) is 39.1. The van der Waals surface area contributed by atoms with Gasteiger partial charge in [-0.3, -0.25) is 0 Å². The van der Waals surface area contributed by atoms with Crippen molar-refractivity contribution in [3.05, 3.63) is 257 Å². The van der Waals surface area contributed by atoms with Crippen molar-refractivity contribution < 1.29 is 0 Å². The Balaban J connectivity index is 1.09. The molecule has 0 bridgehead atoms. The van der Waals surface area contributed by atoms with E-state index in [0.29, 0.717) is 0 Å². The molecule has 2 heteroatoms. The lowest BCUT2D eigenvalue weighted by Gasteiger charge is -2.34. The standard InChI is InChI=1S/C67H47NS/c1-65(2)52-25-13-8-20-44(52)48-33-31-42(37-57(48)65)68(43-32-34-49-47-23-11-16-28-56(47)67(58(49)38-43)54-26-14-9-21-45(54)46-22-10-15-27-55(46)67)64-62-51-36-41(40-18-6-5-7-19-40)30-35-53(51)66(3,4)59(62)39-61-63(64)50-24-12-17-29-60(50)69-61/h5-39H,1-4H3. The van der Waals surface area contributed by atoms with Gasteiger partial charge in [0.1, 0.15) is 0 Å². The second-order valence-electron chi connectivity index (χ2n) is 20.7. The number of rotatable bonds is 4. The Bertz CT molecular complexity index is 3970. The molecule has 0 radical (unpaired) electrons. The van der Waals surface area contributed by atoms with Crippen molar-refractivity contribution in [3.63, 3.8) is 0 Å². The number of hydrogen-bond acceptors (Lipinski definition) is 2. The summed E-state index contributed by atoms with van der Waals surface area (Å²) in [6, 6.07) is 81.2. The van der Waals surface area contributed by atoms with Crippen molar-refractivity contribution in [2.24, 2.45) is 0 Å². The molecule has 1 nitrogen and oxygen atoms in total. The molecule has 0 atom stereocenters. The van der Waals surface area contributed by atoms with Crippen molar-refractivity contribution in [3.8, 4) is 55.6 Å². The summed E-state index contributed by atoms with van der Waals surface area (Å²) < 4.78 is 2.62. The van der Waals surface area contributed by atoms with Gasteiger partial charge in [0, 0.05) is 47.9 Å². The Labute approximate surface area is 407 Å². The topological polar surface area (TPSA) is 3.24 Å². The van der Waals surface area contributed by atoms with Gasteiger partial charge in [0.05, 0.1) is 11.1 Å². The zero-order chi connectivity index (χ0) is 46.0. The van der Waals surface area contributed by atoms with Gasteiger partial charge < -0.3 is 4.90 Å². The molecule has 0 aliphatic heterocycles. The van der Waals surface area contributed by atoms with Crippen molar-refractivity contribution in [1.29, 1.82) is 0 Å². The molecule has 326 valence electrons. The van der Waals surface area contributed by atoms with Gasteiger partial charge in [-0.05, 0) is 137 Å². The number of hydrogen-bond donors (Lipinski definition) is 0. The van der Waals surface area contributed by atoms with E-state index in [-0.39, 0.29) is 10.8 Å². The van der Waals surface area contributed by atoms with Crippen molar-refractivity contribution in [2.75, 3.05) is 4.90 Å². The zero-order valence-corrected chi connectivity index (χ0v) is 39.9. The normalized spacial score (nSPS) is 15.3. The van der Waals surface area contributed by atoms with Crippen LogP contribution in [0.25, 0.3) is 75.8 Å². The number of benzene rings is 10. The molecule has 4 aliphatic rings. The summed E-state index contributed by atoms with van der Waals surface area (Å²) in [4.78, 5) is 2.68. The number of anilines is 3. The Morgan fingerprint density at radius 3 is 1.48 bits per heavy atom. The summed E-state index contributed by atoms with van der Waals surface area (Å²) >= 11 is 1.93. The fourth-order valence-corrected chi connectivity index (χ4v) is 14.7. The molecule has 0 saturated carbocycles. The Hall–Kier alpha value is -7.78. The first-order valence-corrected chi connectivity index (χ1v) is 25.2. The average Bonchev–Trinajstić information content (AvgIpc) is 4.13. The van der Waals surface area contributed by atoms with Crippen LogP contribution < -0.4 is 4.90 Å². The monoisotopic (exact) mass is 897 g/mol. The predicted molar refractivity (Wildman–Crippen MR) is 291 cm³/mol. The second kappa shape index (κ2) is 13.7. The minimum Gasteiger partial charge on any atom is -0.309 e. The van der Waals surface area contributed by atoms with Gasteiger partial charge in [-0.25, -0.2) is 0 Å². The minimum atomic E-state index is -0.482. The van der Waals surface area contributed by atoms with E-state index in [1.165, 1.54) is 132 Å².